The zero-order chi connectivity index (χ0) is 14.4. The van der Waals surface area contributed by atoms with Gasteiger partial charge in [0.15, 0.2) is 0 Å². The van der Waals surface area contributed by atoms with Crippen LogP contribution in [-0.4, -0.2) is 37.4 Å². The van der Waals surface area contributed by atoms with Crippen LogP contribution >= 0.6 is 0 Å². The molecule has 3 heteroatoms. The van der Waals surface area contributed by atoms with Gasteiger partial charge < -0.3 is 14.4 Å². The number of hydrogen-bond acceptors (Lipinski definition) is 3. The number of hydrogen-bond donors (Lipinski definition) is 0. The van der Waals surface area contributed by atoms with E-state index in [2.05, 4.69) is 36.9 Å². The molecule has 1 aliphatic heterocycles. The highest BCUT2D eigenvalue weighted by Gasteiger charge is 2.17. The number of likely N-dealkylation sites (tertiary alicyclic amines) is 1. The van der Waals surface area contributed by atoms with E-state index in [4.69, 9.17) is 4.74 Å². The predicted molar refractivity (Wildman–Crippen MR) is 81.3 cm³/mol. The van der Waals surface area contributed by atoms with Gasteiger partial charge in [-0.1, -0.05) is 12.1 Å². The molecule has 0 amide bonds. The lowest BCUT2D eigenvalue weighted by molar-refractivity contribution is -0.112. The van der Waals surface area contributed by atoms with E-state index in [1.165, 1.54) is 11.1 Å². The van der Waals surface area contributed by atoms with Gasteiger partial charge in [0.25, 0.3) is 0 Å². The lowest BCUT2D eigenvalue weighted by Crippen LogP contribution is -2.35. The van der Waals surface area contributed by atoms with Crippen LogP contribution in [0.2, 0.25) is 0 Å². The van der Waals surface area contributed by atoms with Crippen molar-refractivity contribution in [3.8, 4) is 5.75 Å². The summed E-state index contributed by atoms with van der Waals surface area (Å²) in [4.78, 5) is 13.1. The fraction of sp³-hybridized carbons (Fsp3) is 0.588. The van der Waals surface area contributed by atoms with Crippen molar-refractivity contribution in [2.45, 2.75) is 33.1 Å². The first-order valence-electron chi connectivity index (χ1n) is 7.57. The molecule has 1 aromatic carbocycles. The summed E-state index contributed by atoms with van der Waals surface area (Å²) in [5.74, 6) is 1.29. The molecular weight excluding hydrogens is 250 g/mol. The molecule has 3 nitrogen and oxygen atoms in total. The highest BCUT2D eigenvalue weighted by Crippen LogP contribution is 2.19. The van der Waals surface area contributed by atoms with Gasteiger partial charge in [0.1, 0.15) is 12.0 Å². The Morgan fingerprint density at radius 1 is 1.30 bits per heavy atom. The van der Waals surface area contributed by atoms with E-state index in [-0.39, 0.29) is 5.92 Å². The summed E-state index contributed by atoms with van der Waals surface area (Å²) in [5.41, 5.74) is 2.43. The first-order valence-corrected chi connectivity index (χ1v) is 7.57. The molecule has 1 aliphatic rings. The summed E-state index contributed by atoms with van der Waals surface area (Å²) >= 11 is 0. The van der Waals surface area contributed by atoms with Crippen molar-refractivity contribution in [3.63, 3.8) is 0 Å². The lowest BCUT2D eigenvalue weighted by atomic mass is 9.98. The number of piperidine rings is 1. The van der Waals surface area contributed by atoms with E-state index in [0.29, 0.717) is 0 Å². The second kappa shape index (κ2) is 7.44. The topological polar surface area (TPSA) is 29.5 Å². The third-order valence-electron chi connectivity index (χ3n) is 4.04. The molecule has 110 valence electrons. The Bertz CT molecular complexity index is 437. The van der Waals surface area contributed by atoms with Crippen LogP contribution in [0.4, 0.5) is 0 Å². The Kier molecular flexibility index (Phi) is 5.60. The Morgan fingerprint density at radius 2 is 2.05 bits per heavy atom. The number of aldehydes is 1. The van der Waals surface area contributed by atoms with Crippen molar-refractivity contribution in [1.29, 1.82) is 0 Å². The third kappa shape index (κ3) is 4.34. The Hall–Kier alpha value is -1.35. The smallest absolute Gasteiger partial charge is 0.123 e. The van der Waals surface area contributed by atoms with Crippen LogP contribution in [0, 0.1) is 19.8 Å². The van der Waals surface area contributed by atoms with Crippen LogP contribution in [0.1, 0.15) is 30.4 Å². The second-order valence-electron chi connectivity index (χ2n) is 5.79. The normalized spacial score (nSPS) is 17.1. The number of nitrogens with zero attached hydrogens (tertiary/aromatic N) is 1. The van der Waals surface area contributed by atoms with Gasteiger partial charge in [-0.2, -0.15) is 0 Å². The van der Waals surface area contributed by atoms with Crippen molar-refractivity contribution in [3.05, 3.63) is 29.3 Å². The van der Waals surface area contributed by atoms with Gasteiger partial charge in [-0.15, -0.1) is 0 Å². The van der Waals surface area contributed by atoms with Crippen molar-refractivity contribution in [2.75, 3.05) is 26.2 Å². The van der Waals surface area contributed by atoms with E-state index >= 15 is 0 Å². The maximum Gasteiger partial charge on any atom is 0.123 e. The van der Waals surface area contributed by atoms with Gasteiger partial charge >= 0.3 is 0 Å². The van der Waals surface area contributed by atoms with E-state index in [1.54, 1.807) is 0 Å². The van der Waals surface area contributed by atoms with Crippen LogP contribution in [-0.2, 0) is 4.79 Å². The molecule has 2 rings (SSSR count). The van der Waals surface area contributed by atoms with Crippen molar-refractivity contribution >= 4 is 6.29 Å². The molecule has 20 heavy (non-hydrogen) atoms. The third-order valence-corrected chi connectivity index (χ3v) is 4.04. The number of carbonyl (C=O) groups excluding carboxylic acids is 1. The highest BCUT2D eigenvalue weighted by molar-refractivity contribution is 5.53. The first kappa shape index (κ1) is 15.0. The summed E-state index contributed by atoms with van der Waals surface area (Å²) in [5, 5.41) is 0. The molecule has 0 spiro atoms. The van der Waals surface area contributed by atoms with Crippen molar-refractivity contribution < 1.29 is 9.53 Å². The average Bonchev–Trinajstić information content (AvgIpc) is 2.47. The summed E-state index contributed by atoms with van der Waals surface area (Å²) < 4.78 is 5.87. The standard InChI is InChI=1S/C17H25NO2/c1-14-4-5-15(2)17(12-14)20-11-3-8-18-9-6-16(13-19)7-10-18/h4-5,12-13,16H,3,6-11H2,1-2H3. The number of benzene rings is 1. The Balaban J connectivity index is 1.67. The maximum absolute atomic E-state index is 10.7. The number of carbonyl (C=O) groups is 1. The summed E-state index contributed by atoms with van der Waals surface area (Å²) in [6.45, 7) is 8.09. The van der Waals surface area contributed by atoms with Crippen LogP contribution in [0.3, 0.4) is 0 Å². The first-order chi connectivity index (χ1) is 9.69. The zero-order valence-corrected chi connectivity index (χ0v) is 12.6. The molecule has 0 bridgehead atoms. The molecule has 1 saturated heterocycles. The number of rotatable bonds is 6. The van der Waals surface area contributed by atoms with Crippen LogP contribution in [0.25, 0.3) is 0 Å². The highest BCUT2D eigenvalue weighted by atomic mass is 16.5. The van der Waals surface area contributed by atoms with Crippen molar-refractivity contribution in [1.82, 2.24) is 4.90 Å². The molecule has 1 aromatic rings. The van der Waals surface area contributed by atoms with Gasteiger partial charge in [0, 0.05) is 12.5 Å². The fourth-order valence-electron chi connectivity index (χ4n) is 2.65. The zero-order valence-electron chi connectivity index (χ0n) is 12.6. The molecule has 0 radical (unpaired) electrons. The Labute approximate surface area is 121 Å². The van der Waals surface area contributed by atoms with Gasteiger partial charge in [0.2, 0.25) is 0 Å². The lowest BCUT2D eigenvalue weighted by Gasteiger charge is -2.29. The maximum atomic E-state index is 10.7. The molecule has 0 saturated carbocycles. The summed E-state index contributed by atoms with van der Waals surface area (Å²) in [7, 11) is 0. The monoisotopic (exact) mass is 275 g/mol. The number of ether oxygens (including phenoxy) is 1. The van der Waals surface area contributed by atoms with Gasteiger partial charge in [-0.25, -0.2) is 0 Å². The van der Waals surface area contributed by atoms with Crippen LogP contribution in [0.5, 0.6) is 5.75 Å². The molecule has 0 aromatic heterocycles. The summed E-state index contributed by atoms with van der Waals surface area (Å²) in [6, 6.07) is 6.32. The van der Waals surface area contributed by atoms with E-state index < -0.39 is 0 Å². The minimum Gasteiger partial charge on any atom is -0.493 e. The molecular formula is C17H25NO2. The van der Waals surface area contributed by atoms with Crippen LogP contribution < -0.4 is 4.74 Å². The second-order valence-corrected chi connectivity index (χ2v) is 5.79. The molecule has 0 unspecified atom stereocenters. The minimum absolute atomic E-state index is 0.289. The fourth-order valence-corrected chi connectivity index (χ4v) is 2.65. The Morgan fingerprint density at radius 3 is 2.75 bits per heavy atom. The molecule has 0 N–H and O–H groups in total. The van der Waals surface area contributed by atoms with Crippen LogP contribution in [0.15, 0.2) is 18.2 Å². The predicted octanol–water partition coefficient (Wildman–Crippen LogP) is 2.98. The van der Waals surface area contributed by atoms with Crippen molar-refractivity contribution in [2.24, 2.45) is 5.92 Å². The molecule has 0 atom stereocenters. The minimum atomic E-state index is 0.289. The average molecular weight is 275 g/mol. The number of aryl methyl sites for hydroxylation is 2. The van der Waals surface area contributed by atoms with E-state index in [1.807, 2.05) is 0 Å². The molecule has 1 heterocycles. The summed E-state index contributed by atoms with van der Waals surface area (Å²) in [6.07, 6.45) is 4.18. The largest absolute Gasteiger partial charge is 0.493 e. The van der Waals surface area contributed by atoms with Gasteiger partial charge in [-0.05, 0) is 63.4 Å². The SMILES string of the molecule is Cc1ccc(C)c(OCCCN2CCC(C=O)CC2)c1. The van der Waals surface area contributed by atoms with Gasteiger partial charge in [0.05, 0.1) is 6.61 Å². The molecule has 0 aliphatic carbocycles. The molecule has 1 fully saturated rings. The van der Waals surface area contributed by atoms with E-state index in [9.17, 15) is 4.79 Å². The van der Waals surface area contributed by atoms with E-state index in [0.717, 1.165) is 57.5 Å². The quantitative estimate of drug-likeness (QED) is 0.590. The van der Waals surface area contributed by atoms with Gasteiger partial charge in [-0.3, -0.25) is 0 Å².